The second kappa shape index (κ2) is 9.79. The van der Waals surface area contributed by atoms with Crippen LogP contribution in [0.5, 0.6) is 5.75 Å². The zero-order chi connectivity index (χ0) is 27.4. The van der Waals surface area contributed by atoms with Gasteiger partial charge in [-0.25, -0.2) is 9.97 Å². The number of methoxy groups -OCH3 is 1. The number of ether oxygens (including phenoxy) is 2. The first kappa shape index (κ1) is 26.3. The average molecular weight is 532 g/mol. The molecule has 4 fully saturated rings. The van der Waals surface area contributed by atoms with Crippen LogP contribution in [0.2, 0.25) is 0 Å². The van der Waals surface area contributed by atoms with Crippen LogP contribution < -0.4 is 20.3 Å². The molecule has 0 unspecified atom stereocenters. The summed E-state index contributed by atoms with van der Waals surface area (Å²) < 4.78 is 35.9. The van der Waals surface area contributed by atoms with Gasteiger partial charge < -0.3 is 29.9 Å². The fourth-order valence-corrected chi connectivity index (χ4v) is 5.57. The molecule has 2 aromatic heterocycles. The van der Waals surface area contributed by atoms with Gasteiger partial charge >= 0.3 is 6.61 Å². The molecule has 0 aromatic carbocycles. The molecule has 3 aliphatic heterocycles. The fourth-order valence-electron chi connectivity index (χ4n) is 5.57. The lowest BCUT2D eigenvalue weighted by atomic mass is 9.86. The van der Waals surface area contributed by atoms with E-state index < -0.39 is 12.2 Å². The molecule has 1 saturated carbocycles. The SMILES string of the molecule is COC(C)(C)C(=O)N1C[C@H](C)N(c2cc(-c3cnc(N)c(OC(F)F)c3)nc(N3CC4CC3C4)n2)C[C@@H]1C. The first-order chi connectivity index (χ1) is 18.0. The van der Waals surface area contributed by atoms with Gasteiger partial charge in [0.2, 0.25) is 5.95 Å². The second-order valence-electron chi connectivity index (χ2n) is 11.1. The summed E-state index contributed by atoms with van der Waals surface area (Å²) in [6.07, 6.45) is 3.76. The fraction of sp³-hybridized carbons (Fsp3) is 0.615. The molecule has 38 heavy (non-hydrogen) atoms. The molecule has 12 heteroatoms. The Labute approximate surface area is 221 Å². The maximum atomic E-state index is 13.2. The van der Waals surface area contributed by atoms with E-state index >= 15 is 0 Å². The number of alkyl halides is 2. The summed E-state index contributed by atoms with van der Waals surface area (Å²) in [6.45, 7) is 6.56. The van der Waals surface area contributed by atoms with Crippen molar-refractivity contribution in [2.24, 2.45) is 5.92 Å². The number of halogens is 2. The molecule has 0 radical (unpaired) electrons. The van der Waals surface area contributed by atoms with E-state index in [1.165, 1.54) is 12.3 Å². The quantitative estimate of drug-likeness (QED) is 0.576. The number of nitrogen functional groups attached to an aromatic ring is 1. The van der Waals surface area contributed by atoms with Crippen molar-refractivity contribution in [3.05, 3.63) is 18.3 Å². The van der Waals surface area contributed by atoms with Gasteiger partial charge in [-0.15, -0.1) is 0 Å². The minimum atomic E-state index is -3.02. The molecule has 1 amide bonds. The zero-order valence-corrected chi connectivity index (χ0v) is 22.4. The Morgan fingerprint density at radius 1 is 1.11 bits per heavy atom. The molecule has 1 aliphatic carbocycles. The lowest BCUT2D eigenvalue weighted by molar-refractivity contribution is -0.154. The smallest absolute Gasteiger partial charge is 0.387 e. The Morgan fingerprint density at radius 3 is 2.47 bits per heavy atom. The van der Waals surface area contributed by atoms with Crippen LogP contribution in [0.15, 0.2) is 18.3 Å². The zero-order valence-electron chi connectivity index (χ0n) is 22.4. The minimum Gasteiger partial charge on any atom is -0.431 e. The van der Waals surface area contributed by atoms with Crippen molar-refractivity contribution in [3.63, 3.8) is 0 Å². The molecule has 2 bridgehead atoms. The highest BCUT2D eigenvalue weighted by Crippen LogP contribution is 2.43. The largest absolute Gasteiger partial charge is 0.431 e. The molecular weight excluding hydrogens is 496 g/mol. The molecule has 0 spiro atoms. The summed E-state index contributed by atoms with van der Waals surface area (Å²) >= 11 is 0. The van der Waals surface area contributed by atoms with Gasteiger partial charge in [0.05, 0.1) is 5.69 Å². The molecule has 206 valence electrons. The van der Waals surface area contributed by atoms with E-state index in [1.54, 1.807) is 21.0 Å². The number of pyridine rings is 1. The number of carbonyl (C=O) groups excluding carboxylic acids is 1. The van der Waals surface area contributed by atoms with E-state index in [0.29, 0.717) is 48.1 Å². The summed E-state index contributed by atoms with van der Waals surface area (Å²) in [5, 5.41) is 0. The van der Waals surface area contributed by atoms with Crippen molar-refractivity contribution in [1.82, 2.24) is 19.9 Å². The second-order valence-corrected chi connectivity index (χ2v) is 11.1. The normalized spacial score (nSPS) is 25.1. The molecule has 2 atom stereocenters. The van der Waals surface area contributed by atoms with Gasteiger partial charge in [0.1, 0.15) is 11.4 Å². The first-order valence-electron chi connectivity index (χ1n) is 13.0. The monoisotopic (exact) mass is 531 g/mol. The van der Waals surface area contributed by atoms with Crippen LogP contribution in [-0.2, 0) is 9.53 Å². The van der Waals surface area contributed by atoms with E-state index in [2.05, 4.69) is 26.4 Å². The number of aromatic nitrogens is 3. The van der Waals surface area contributed by atoms with E-state index in [-0.39, 0.29) is 29.6 Å². The predicted molar refractivity (Wildman–Crippen MR) is 139 cm³/mol. The number of nitrogens with two attached hydrogens (primary N) is 1. The Morgan fingerprint density at radius 2 is 1.84 bits per heavy atom. The number of rotatable bonds is 7. The molecule has 10 nitrogen and oxygen atoms in total. The summed E-state index contributed by atoms with van der Waals surface area (Å²) in [4.78, 5) is 33.3. The number of carbonyl (C=O) groups is 1. The summed E-state index contributed by atoms with van der Waals surface area (Å²) in [5.74, 6) is 1.59. The highest BCUT2D eigenvalue weighted by atomic mass is 19.3. The van der Waals surface area contributed by atoms with Gasteiger partial charge in [0, 0.05) is 62.7 Å². The molecule has 2 aromatic rings. The van der Waals surface area contributed by atoms with E-state index in [0.717, 1.165) is 19.4 Å². The number of hydrogen-bond acceptors (Lipinski definition) is 9. The van der Waals surface area contributed by atoms with E-state index in [4.69, 9.17) is 20.4 Å². The molecule has 6 rings (SSSR count). The van der Waals surface area contributed by atoms with Crippen molar-refractivity contribution in [2.45, 2.75) is 70.9 Å². The summed E-state index contributed by atoms with van der Waals surface area (Å²) in [6, 6.07) is 3.56. The molecule has 3 saturated heterocycles. The number of anilines is 3. The van der Waals surface area contributed by atoms with Crippen molar-refractivity contribution >= 4 is 23.5 Å². The van der Waals surface area contributed by atoms with Crippen LogP contribution >= 0.6 is 0 Å². The molecular formula is C26H35F2N7O3. The van der Waals surface area contributed by atoms with Gasteiger partial charge in [-0.3, -0.25) is 4.79 Å². The van der Waals surface area contributed by atoms with Crippen molar-refractivity contribution in [2.75, 3.05) is 42.3 Å². The summed E-state index contributed by atoms with van der Waals surface area (Å²) in [7, 11) is 1.54. The molecule has 5 heterocycles. The van der Waals surface area contributed by atoms with Crippen LogP contribution in [0.25, 0.3) is 11.3 Å². The Kier molecular flexibility index (Phi) is 6.79. The number of nitrogens with zero attached hydrogens (tertiary/aromatic N) is 6. The van der Waals surface area contributed by atoms with Crippen LogP contribution in [0.4, 0.5) is 26.4 Å². The molecule has 4 aliphatic rings. The third-order valence-electron chi connectivity index (χ3n) is 8.02. The number of fused-ring (bicyclic) bond motifs is 1. The number of amides is 1. The van der Waals surface area contributed by atoms with Crippen LogP contribution in [0.3, 0.4) is 0 Å². The number of piperazine rings is 1. The van der Waals surface area contributed by atoms with Crippen molar-refractivity contribution < 1.29 is 23.0 Å². The average Bonchev–Trinajstić information content (AvgIpc) is 3.47. The van der Waals surface area contributed by atoms with Crippen LogP contribution in [0.1, 0.15) is 40.5 Å². The van der Waals surface area contributed by atoms with Gasteiger partial charge in [0.15, 0.2) is 11.6 Å². The van der Waals surface area contributed by atoms with E-state index in [1.807, 2.05) is 17.9 Å². The summed E-state index contributed by atoms with van der Waals surface area (Å²) in [5.41, 5.74) is 5.90. The van der Waals surface area contributed by atoms with Crippen molar-refractivity contribution in [3.8, 4) is 17.0 Å². The van der Waals surface area contributed by atoms with Gasteiger partial charge in [-0.05, 0) is 52.5 Å². The highest BCUT2D eigenvalue weighted by Gasteiger charge is 2.44. The third kappa shape index (κ3) is 4.81. The Hall–Kier alpha value is -3.28. The first-order valence-corrected chi connectivity index (χ1v) is 13.0. The maximum absolute atomic E-state index is 13.2. The molecule has 2 N–H and O–H groups in total. The van der Waals surface area contributed by atoms with E-state index in [9.17, 15) is 13.6 Å². The lowest BCUT2D eigenvalue weighted by Crippen LogP contribution is -2.62. The van der Waals surface area contributed by atoms with Gasteiger partial charge in [-0.2, -0.15) is 13.8 Å². The van der Waals surface area contributed by atoms with Gasteiger partial charge in [0.25, 0.3) is 5.91 Å². The van der Waals surface area contributed by atoms with Crippen LogP contribution in [0, 0.1) is 5.92 Å². The Balaban J connectivity index is 1.50. The van der Waals surface area contributed by atoms with Gasteiger partial charge in [-0.1, -0.05) is 0 Å². The standard InChI is InChI=1S/C26H35F2N7O3/c1-14-12-34(23(36)26(3,4)37-5)15(2)11-33(14)21-9-19(17-8-20(38-24(27)28)22(29)30-10-17)31-25(32-21)35-13-16-6-18(35)7-16/h8-10,14-16,18,24H,6-7,11-13H2,1-5H3,(H2,29,30)/t14-,15-,16?,18?/m0/s1. The van der Waals surface area contributed by atoms with Crippen LogP contribution in [-0.4, -0.2) is 82.8 Å². The topological polar surface area (TPSA) is 110 Å². The predicted octanol–water partition coefficient (Wildman–Crippen LogP) is 3.17. The number of hydrogen-bond donors (Lipinski definition) is 1. The van der Waals surface area contributed by atoms with Crippen molar-refractivity contribution in [1.29, 1.82) is 0 Å². The highest BCUT2D eigenvalue weighted by molar-refractivity contribution is 5.85. The third-order valence-corrected chi connectivity index (χ3v) is 8.02. The Bertz CT molecular complexity index is 1210. The minimum absolute atomic E-state index is 0.0343. The lowest BCUT2D eigenvalue weighted by Gasteiger charge is -2.46. The maximum Gasteiger partial charge on any atom is 0.387 e.